The van der Waals surface area contributed by atoms with Crippen LogP contribution in [0, 0.1) is 0 Å². The molecule has 0 fully saturated rings. The molecule has 0 aromatic carbocycles. The summed E-state index contributed by atoms with van der Waals surface area (Å²) in [6, 6.07) is 0. The Labute approximate surface area is 68.7 Å². The van der Waals surface area contributed by atoms with Crippen molar-refractivity contribution in [1.29, 1.82) is 0 Å². The Morgan fingerprint density at radius 1 is 1.42 bits per heavy atom. The number of ether oxygens (including phenoxy) is 1. The van der Waals surface area contributed by atoms with Crippen LogP contribution in [0.4, 0.5) is 17.6 Å². The van der Waals surface area contributed by atoms with Crippen LogP contribution in [0.5, 0.6) is 0 Å². The lowest BCUT2D eigenvalue weighted by Crippen LogP contribution is -2.34. The van der Waals surface area contributed by atoms with Gasteiger partial charge in [-0.1, -0.05) is 0 Å². The minimum Gasteiger partial charge on any atom is -0.378 e. The maximum absolute atomic E-state index is 12.7. The fourth-order valence-corrected chi connectivity index (χ4v) is 0.491. The van der Waals surface area contributed by atoms with E-state index >= 15 is 0 Å². The highest BCUT2D eigenvalue weighted by Crippen LogP contribution is 2.20. The van der Waals surface area contributed by atoms with E-state index in [4.69, 9.17) is 0 Å². The van der Waals surface area contributed by atoms with Crippen molar-refractivity contribution in [2.45, 2.75) is 25.4 Å². The molecule has 1 nitrogen and oxygen atoms in total. The van der Waals surface area contributed by atoms with Crippen LogP contribution in [0.15, 0.2) is 0 Å². The van der Waals surface area contributed by atoms with E-state index in [1.165, 1.54) is 0 Å². The second-order valence-corrected chi connectivity index (χ2v) is 2.67. The van der Waals surface area contributed by atoms with Gasteiger partial charge < -0.3 is 4.74 Å². The summed E-state index contributed by atoms with van der Waals surface area (Å²) >= 11 is 0. The molecule has 0 aliphatic heterocycles. The zero-order valence-corrected chi connectivity index (χ0v) is 6.83. The largest absolute Gasteiger partial charge is 0.378 e. The van der Waals surface area contributed by atoms with E-state index in [-0.39, 0.29) is 13.0 Å². The lowest BCUT2D eigenvalue weighted by molar-refractivity contribution is -0.0752. The SMILES string of the molecule is CC(F)(COCCCF)C(F)F. The molecule has 0 aromatic rings. The van der Waals surface area contributed by atoms with Gasteiger partial charge in [0.2, 0.25) is 0 Å². The maximum Gasteiger partial charge on any atom is 0.274 e. The predicted molar refractivity (Wildman–Crippen MR) is 36.9 cm³/mol. The molecular weight excluding hydrogens is 176 g/mol. The van der Waals surface area contributed by atoms with E-state index in [0.717, 1.165) is 6.92 Å². The summed E-state index contributed by atoms with van der Waals surface area (Å²) in [7, 11) is 0. The summed E-state index contributed by atoms with van der Waals surface area (Å²) in [5.41, 5.74) is -2.63. The first kappa shape index (κ1) is 11.7. The standard InChI is InChI=1S/C7H12F4O/c1-7(11,6(9)10)5-12-4-2-3-8/h6H,2-5H2,1H3. The minimum absolute atomic E-state index is 0.0251. The van der Waals surface area contributed by atoms with Crippen molar-refractivity contribution >= 4 is 0 Å². The van der Waals surface area contributed by atoms with Crippen LogP contribution in [0.2, 0.25) is 0 Å². The molecule has 0 aliphatic rings. The summed E-state index contributed by atoms with van der Waals surface area (Å²) in [5, 5.41) is 0. The monoisotopic (exact) mass is 188 g/mol. The van der Waals surface area contributed by atoms with Crippen LogP contribution in [0.25, 0.3) is 0 Å². The molecule has 0 amide bonds. The van der Waals surface area contributed by atoms with Crippen LogP contribution in [0.1, 0.15) is 13.3 Å². The third kappa shape index (κ3) is 4.54. The van der Waals surface area contributed by atoms with E-state index in [1.54, 1.807) is 0 Å². The highest BCUT2D eigenvalue weighted by molar-refractivity contribution is 4.75. The summed E-state index contributed by atoms with van der Waals surface area (Å²) in [6.07, 6.45) is -2.96. The van der Waals surface area contributed by atoms with Gasteiger partial charge in [0.25, 0.3) is 6.43 Å². The summed E-state index contributed by atoms with van der Waals surface area (Å²) in [6.45, 7) is -0.543. The number of rotatable bonds is 6. The molecule has 12 heavy (non-hydrogen) atoms. The lowest BCUT2D eigenvalue weighted by atomic mass is 10.1. The molecule has 0 rings (SSSR count). The van der Waals surface area contributed by atoms with Crippen LogP contribution in [-0.4, -0.2) is 32.0 Å². The van der Waals surface area contributed by atoms with Crippen molar-refractivity contribution in [2.24, 2.45) is 0 Å². The average molecular weight is 188 g/mol. The molecular formula is C7H12F4O. The van der Waals surface area contributed by atoms with E-state index in [9.17, 15) is 17.6 Å². The smallest absolute Gasteiger partial charge is 0.274 e. The Morgan fingerprint density at radius 2 is 2.00 bits per heavy atom. The van der Waals surface area contributed by atoms with E-state index < -0.39 is 25.4 Å². The molecule has 74 valence electrons. The van der Waals surface area contributed by atoms with Gasteiger partial charge in [-0.25, -0.2) is 13.2 Å². The molecule has 5 heteroatoms. The quantitative estimate of drug-likeness (QED) is 0.459. The molecule has 0 spiro atoms. The second kappa shape index (κ2) is 5.35. The first-order valence-electron chi connectivity index (χ1n) is 3.61. The molecule has 0 radical (unpaired) electrons. The third-order valence-corrected chi connectivity index (χ3v) is 1.26. The van der Waals surface area contributed by atoms with Gasteiger partial charge in [0.05, 0.1) is 13.3 Å². The zero-order valence-electron chi connectivity index (χ0n) is 6.83. The fourth-order valence-electron chi connectivity index (χ4n) is 0.491. The molecule has 0 saturated carbocycles. The highest BCUT2D eigenvalue weighted by Gasteiger charge is 2.35. The molecule has 0 N–H and O–H groups in total. The van der Waals surface area contributed by atoms with Gasteiger partial charge in [0.15, 0.2) is 5.67 Å². The van der Waals surface area contributed by atoms with Gasteiger partial charge in [0.1, 0.15) is 0 Å². The summed E-state index contributed by atoms with van der Waals surface area (Å²) in [5.74, 6) is 0. The van der Waals surface area contributed by atoms with Crippen LogP contribution < -0.4 is 0 Å². The van der Waals surface area contributed by atoms with Gasteiger partial charge in [-0.15, -0.1) is 0 Å². The lowest BCUT2D eigenvalue weighted by Gasteiger charge is -2.18. The minimum atomic E-state index is -3.07. The Morgan fingerprint density at radius 3 is 2.42 bits per heavy atom. The Hall–Kier alpha value is -0.320. The molecule has 0 bridgehead atoms. The van der Waals surface area contributed by atoms with E-state index in [0.29, 0.717) is 0 Å². The number of hydrogen-bond donors (Lipinski definition) is 0. The Kier molecular flexibility index (Phi) is 5.20. The van der Waals surface area contributed by atoms with Crippen LogP contribution in [-0.2, 0) is 4.74 Å². The predicted octanol–water partition coefficient (Wildman–Crippen LogP) is 2.36. The van der Waals surface area contributed by atoms with Gasteiger partial charge in [-0.2, -0.15) is 0 Å². The second-order valence-electron chi connectivity index (χ2n) is 2.67. The Bertz CT molecular complexity index is 116. The van der Waals surface area contributed by atoms with Crippen LogP contribution in [0.3, 0.4) is 0 Å². The topological polar surface area (TPSA) is 9.23 Å². The number of hydrogen-bond acceptors (Lipinski definition) is 1. The molecule has 0 heterocycles. The zero-order chi connectivity index (χ0) is 9.61. The van der Waals surface area contributed by atoms with Crippen molar-refractivity contribution in [3.8, 4) is 0 Å². The van der Waals surface area contributed by atoms with Crippen molar-refractivity contribution in [3.05, 3.63) is 0 Å². The maximum atomic E-state index is 12.7. The molecule has 1 atom stereocenters. The molecule has 1 unspecified atom stereocenters. The van der Waals surface area contributed by atoms with Crippen molar-refractivity contribution in [1.82, 2.24) is 0 Å². The Balaban J connectivity index is 3.47. The van der Waals surface area contributed by atoms with Crippen molar-refractivity contribution < 1.29 is 22.3 Å². The normalized spacial score (nSPS) is 16.5. The van der Waals surface area contributed by atoms with Gasteiger partial charge in [-0.05, 0) is 13.3 Å². The summed E-state index contributed by atoms with van der Waals surface area (Å²) in [4.78, 5) is 0. The average Bonchev–Trinajstić information content (AvgIpc) is 1.98. The third-order valence-electron chi connectivity index (χ3n) is 1.26. The highest BCUT2D eigenvalue weighted by atomic mass is 19.3. The van der Waals surface area contributed by atoms with E-state index in [2.05, 4.69) is 4.74 Å². The van der Waals surface area contributed by atoms with Gasteiger partial charge in [0, 0.05) is 6.61 Å². The van der Waals surface area contributed by atoms with Gasteiger partial charge >= 0.3 is 0 Å². The number of halogens is 4. The van der Waals surface area contributed by atoms with Crippen LogP contribution >= 0.6 is 0 Å². The molecule has 0 aliphatic carbocycles. The first-order valence-corrected chi connectivity index (χ1v) is 3.61. The molecule has 0 saturated heterocycles. The molecule has 0 aromatic heterocycles. The summed E-state index contributed by atoms with van der Waals surface area (Å²) < 4.78 is 52.2. The van der Waals surface area contributed by atoms with E-state index in [1.807, 2.05) is 0 Å². The fraction of sp³-hybridized carbons (Fsp3) is 1.00. The van der Waals surface area contributed by atoms with Gasteiger partial charge in [-0.3, -0.25) is 4.39 Å². The first-order chi connectivity index (χ1) is 5.50. The number of alkyl halides is 4. The van der Waals surface area contributed by atoms with Crippen molar-refractivity contribution in [2.75, 3.05) is 19.9 Å². The van der Waals surface area contributed by atoms with Crippen molar-refractivity contribution in [3.63, 3.8) is 0 Å².